The van der Waals surface area contributed by atoms with Crippen molar-refractivity contribution in [2.24, 2.45) is 0 Å². The van der Waals surface area contributed by atoms with Gasteiger partial charge in [-0.2, -0.15) is 0 Å². The van der Waals surface area contributed by atoms with E-state index in [-0.39, 0.29) is 17.6 Å². The number of aromatic hydroxyl groups is 2. The van der Waals surface area contributed by atoms with Crippen molar-refractivity contribution in [1.29, 1.82) is 0 Å². The lowest BCUT2D eigenvalue weighted by molar-refractivity contribution is 0.138. The van der Waals surface area contributed by atoms with Crippen LogP contribution in [0.15, 0.2) is 78.9 Å². The number of hydrogen-bond donors (Lipinski definition) is 3. The maximum Gasteiger partial charge on any atom is 0.119 e. The second-order valence-electron chi connectivity index (χ2n) is 9.45. The van der Waals surface area contributed by atoms with Crippen LogP contribution in [0.5, 0.6) is 17.2 Å². The summed E-state index contributed by atoms with van der Waals surface area (Å²) >= 11 is 0. The van der Waals surface area contributed by atoms with Gasteiger partial charge in [0.2, 0.25) is 0 Å². The van der Waals surface area contributed by atoms with Gasteiger partial charge in [0.25, 0.3) is 0 Å². The molecule has 1 saturated heterocycles. The Morgan fingerprint density at radius 2 is 1.67 bits per heavy atom. The van der Waals surface area contributed by atoms with Crippen LogP contribution in [0, 0.1) is 0 Å². The van der Waals surface area contributed by atoms with Crippen molar-refractivity contribution in [2.75, 3.05) is 20.3 Å². The van der Waals surface area contributed by atoms with Gasteiger partial charge in [0.15, 0.2) is 0 Å². The molecule has 0 saturated carbocycles. The molecule has 2 atom stereocenters. The number of piperidine rings is 1. The molecule has 4 aromatic rings. The van der Waals surface area contributed by atoms with Gasteiger partial charge in [0, 0.05) is 18.7 Å². The molecule has 0 aromatic heterocycles. The van der Waals surface area contributed by atoms with Crippen LogP contribution in [0.3, 0.4) is 0 Å². The quantitative estimate of drug-likeness (QED) is 0.265. The Morgan fingerprint density at radius 3 is 2.39 bits per heavy atom. The normalized spacial score (nSPS) is 16.6. The predicted octanol–water partition coefficient (Wildman–Crippen LogP) is 6.56. The third-order valence-corrected chi connectivity index (χ3v) is 7.05. The number of fused-ring (bicyclic) bond motifs is 1. The minimum atomic E-state index is -0.331. The Morgan fingerprint density at radius 1 is 0.889 bits per heavy atom. The van der Waals surface area contributed by atoms with E-state index in [9.17, 15) is 10.2 Å². The van der Waals surface area contributed by atoms with Gasteiger partial charge in [-0.05, 0) is 89.7 Å². The number of phenolic OH excluding ortho intramolecular Hbond substituents is 2. The standard InChI is InChI=1S/C31H33NO4/c1-35-31(22-7-13-27(14-8-22)36-19-17-24-4-2-3-18-32-24)30-28(21-5-10-25(33)11-6-21)15-9-23-20-26(34)12-16-29(23)30/h5-16,20,24,31-34H,2-4,17-19H2,1H3. The van der Waals surface area contributed by atoms with Gasteiger partial charge in [-0.15, -0.1) is 0 Å². The summed E-state index contributed by atoms with van der Waals surface area (Å²) in [5.41, 5.74) is 4.02. The molecule has 1 fully saturated rings. The van der Waals surface area contributed by atoms with E-state index >= 15 is 0 Å². The predicted molar refractivity (Wildman–Crippen MR) is 144 cm³/mol. The highest BCUT2D eigenvalue weighted by Crippen LogP contribution is 2.40. The number of rotatable bonds is 8. The van der Waals surface area contributed by atoms with Crippen molar-refractivity contribution in [3.8, 4) is 28.4 Å². The molecule has 3 N–H and O–H groups in total. The van der Waals surface area contributed by atoms with E-state index in [2.05, 4.69) is 17.4 Å². The SMILES string of the molecule is COC(c1ccc(OCCC2CCCCN2)cc1)c1c(-c2ccc(O)cc2)ccc2cc(O)ccc12. The Labute approximate surface area is 212 Å². The number of nitrogens with one attached hydrogen (secondary N) is 1. The highest BCUT2D eigenvalue weighted by molar-refractivity contribution is 5.93. The lowest BCUT2D eigenvalue weighted by Crippen LogP contribution is -2.35. The summed E-state index contributed by atoms with van der Waals surface area (Å²) in [5, 5.41) is 25.4. The molecule has 0 amide bonds. The van der Waals surface area contributed by atoms with Crippen LogP contribution in [0.2, 0.25) is 0 Å². The lowest BCUT2D eigenvalue weighted by atomic mass is 9.88. The van der Waals surface area contributed by atoms with E-state index < -0.39 is 0 Å². The van der Waals surface area contributed by atoms with E-state index in [4.69, 9.17) is 9.47 Å². The van der Waals surface area contributed by atoms with Crippen LogP contribution in [0.4, 0.5) is 0 Å². The van der Waals surface area contributed by atoms with Crippen molar-refractivity contribution in [1.82, 2.24) is 5.32 Å². The van der Waals surface area contributed by atoms with E-state index in [0.717, 1.165) is 51.7 Å². The first kappa shape index (κ1) is 24.2. The van der Waals surface area contributed by atoms with Crippen LogP contribution in [0.1, 0.15) is 42.9 Å². The van der Waals surface area contributed by atoms with E-state index in [0.29, 0.717) is 12.6 Å². The second-order valence-corrected chi connectivity index (χ2v) is 9.45. The largest absolute Gasteiger partial charge is 0.508 e. The van der Waals surface area contributed by atoms with Gasteiger partial charge in [-0.3, -0.25) is 0 Å². The molecule has 0 radical (unpaired) electrons. The molecule has 5 rings (SSSR count). The fraction of sp³-hybridized carbons (Fsp3) is 0.290. The van der Waals surface area contributed by atoms with Gasteiger partial charge < -0.3 is 25.0 Å². The van der Waals surface area contributed by atoms with Crippen molar-refractivity contribution >= 4 is 10.8 Å². The highest BCUT2D eigenvalue weighted by Gasteiger charge is 2.22. The van der Waals surface area contributed by atoms with Gasteiger partial charge >= 0.3 is 0 Å². The van der Waals surface area contributed by atoms with E-state index in [1.807, 2.05) is 42.5 Å². The minimum absolute atomic E-state index is 0.226. The molecular weight excluding hydrogens is 450 g/mol. The maximum absolute atomic E-state index is 10.1. The van der Waals surface area contributed by atoms with Crippen molar-refractivity contribution in [3.05, 3.63) is 90.0 Å². The Kier molecular flexibility index (Phi) is 7.40. The van der Waals surface area contributed by atoms with Crippen molar-refractivity contribution < 1.29 is 19.7 Å². The smallest absolute Gasteiger partial charge is 0.119 e. The van der Waals surface area contributed by atoms with Gasteiger partial charge in [0.1, 0.15) is 23.4 Å². The summed E-state index contributed by atoms with van der Waals surface area (Å²) in [7, 11) is 1.71. The fourth-order valence-electron chi connectivity index (χ4n) is 5.17. The number of benzene rings is 4. The summed E-state index contributed by atoms with van der Waals surface area (Å²) in [6.45, 7) is 1.81. The zero-order chi connectivity index (χ0) is 24.9. The van der Waals surface area contributed by atoms with Crippen molar-refractivity contribution in [2.45, 2.75) is 37.8 Å². The zero-order valence-electron chi connectivity index (χ0n) is 20.6. The number of methoxy groups -OCH3 is 1. The monoisotopic (exact) mass is 483 g/mol. The molecule has 1 aliphatic rings. The maximum atomic E-state index is 10.1. The summed E-state index contributed by atoms with van der Waals surface area (Å²) in [4.78, 5) is 0. The van der Waals surface area contributed by atoms with Crippen LogP contribution >= 0.6 is 0 Å². The van der Waals surface area contributed by atoms with Crippen LogP contribution in [-0.4, -0.2) is 36.5 Å². The second kappa shape index (κ2) is 11.0. The fourth-order valence-corrected chi connectivity index (χ4v) is 5.17. The molecule has 36 heavy (non-hydrogen) atoms. The molecule has 0 spiro atoms. The molecule has 5 nitrogen and oxygen atoms in total. The lowest BCUT2D eigenvalue weighted by Gasteiger charge is -2.24. The summed E-state index contributed by atoms with van der Waals surface area (Å²) in [6.07, 6.45) is 4.48. The molecule has 5 heteroatoms. The first-order valence-corrected chi connectivity index (χ1v) is 12.7. The Balaban J connectivity index is 1.45. The minimum Gasteiger partial charge on any atom is -0.508 e. The molecule has 1 aliphatic heterocycles. The number of hydrogen-bond acceptors (Lipinski definition) is 5. The first-order chi connectivity index (χ1) is 17.6. The van der Waals surface area contributed by atoms with E-state index in [1.165, 1.54) is 19.3 Å². The summed E-state index contributed by atoms with van der Waals surface area (Å²) < 4.78 is 12.1. The molecular formula is C31H33NO4. The number of ether oxygens (including phenoxy) is 2. The molecule has 0 bridgehead atoms. The average Bonchev–Trinajstić information content (AvgIpc) is 2.91. The van der Waals surface area contributed by atoms with Crippen LogP contribution < -0.4 is 10.1 Å². The van der Waals surface area contributed by atoms with Gasteiger partial charge in [-0.1, -0.05) is 48.9 Å². The number of phenols is 2. The molecule has 2 unspecified atom stereocenters. The molecule has 186 valence electrons. The average molecular weight is 484 g/mol. The Hall–Kier alpha value is -3.54. The molecule has 1 heterocycles. The molecule has 0 aliphatic carbocycles. The Bertz CT molecular complexity index is 1290. The molecule has 4 aromatic carbocycles. The highest BCUT2D eigenvalue weighted by atomic mass is 16.5. The third-order valence-electron chi connectivity index (χ3n) is 7.05. The van der Waals surface area contributed by atoms with E-state index in [1.54, 1.807) is 31.4 Å². The first-order valence-electron chi connectivity index (χ1n) is 12.7. The van der Waals surface area contributed by atoms with Crippen molar-refractivity contribution in [3.63, 3.8) is 0 Å². The summed E-state index contributed by atoms with van der Waals surface area (Å²) in [6, 6.07) is 25.3. The topological polar surface area (TPSA) is 71.0 Å². The van der Waals surface area contributed by atoms with Crippen LogP contribution in [-0.2, 0) is 4.74 Å². The van der Waals surface area contributed by atoms with Gasteiger partial charge in [-0.25, -0.2) is 0 Å². The van der Waals surface area contributed by atoms with Crippen LogP contribution in [0.25, 0.3) is 21.9 Å². The zero-order valence-corrected chi connectivity index (χ0v) is 20.6. The summed E-state index contributed by atoms with van der Waals surface area (Å²) in [5.74, 6) is 1.31. The van der Waals surface area contributed by atoms with Gasteiger partial charge in [0.05, 0.1) is 6.61 Å². The third kappa shape index (κ3) is 5.32.